The molecule has 0 saturated carbocycles. The molecule has 104 valence electrons. The normalized spacial score (nSPS) is 9.89. The van der Waals surface area contributed by atoms with Gasteiger partial charge in [-0.05, 0) is 26.2 Å². The van der Waals surface area contributed by atoms with E-state index in [1.54, 1.807) is 0 Å². The first-order valence-electron chi connectivity index (χ1n) is 6.52. The van der Waals surface area contributed by atoms with Crippen LogP contribution >= 0.6 is 0 Å². The van der Waals surface area contributed by atoms with Crippen LogP contribution < -0.4 is 0 Å². The molecule has 0 spiro atoms. The highest BCUT2D eigenvalue weighted by molar-refractivity contribution is 5.70. The quantitative estimate of drug-likeness (QED) is 0.342. The standard InChI is InChI=1S/C14H24O4/c1-4-10-17-13(15)7-5-6-8-14(16)18-11-9-12(2)3/h2,4-11H2,1,3H3. The van der Waals surface area contributed by atoms with Crippen LogP contribution in [0.1, 0.15) is 52.4 Å². The van der Waals surface area contributed by atoms with E-state index >= 15 is 0 Å². The van der Waals surface area contributed by atoms with E-state index in [1.165, 1.54) is 0 Å². The van der Waals surface area contributed by atoms with Crippen molar-refractivity contribution in [1.29, 1.82) is 0 Å². The summed E-state index contributed by atoms with van der Waals surface area (Å²) in [6.07, 6.45) is 3.59. The fourth-order valence-corrected chi connectivity index (χ4v) is 1.24. The van der Waals surface area contributed by atoms with Crippen LogP contribution in [-0.4, -0.2) is 25.2 Å². The predicted molar refractivity (Wildman–Crippen MR) is 70.1 cm³/mol. The Balaban J connectivity index is 3.39. The lowest BCUT2D eigenvalue weighted by Gasteiger charge is -2.05. The van der Waals surface area contributed by atoms with E-state index in [2.05, 4.69) is 6.58 Å². The summed E-state index contributed by atoms with van der Waals surface area (Å²) in [5.74, 6) is -0.398. The maximum absolute atomic E-state index is 11.3. The van der Waals surface area contributed by atoms with Gasteiger partial charge in [0.15, 0.2) is 0 Å². The number of unbranched alkanes of at least 4 members (excludes halogenated alkanes) is 1. The second kappa shape index (κ2) is 10.8. The maximum Gasteiger partial charge on any atom is 0.305 e. The second-order valence-corrected chi connectivity index (χ2v) is 4.36. The Morgan fingerprint density at radius 3 is 1.89 bits per heavy atom. The molecule has 0 aliphatic rings. The number of hydrogen-bond donors (Lipinski definition) is 0. The Labute approximate surface area is 109 Å². The van der Waals surface area contributed by atoms with E-state index in [9.17, 15) is 9.59 Å². The van der Waals surface area contributed by atoms with E-state index in [-0.39, 0.29) is 11.9 Å². The molecule has 0 amide bonds. The molecule has 0 heterocycles. The molecular weight excluding hydrogens is 232 g/mol. The summed E-state index contributed by atoms with van der Waals surface area (Å²) < 4.78 is 9.93. The van der Waals surface area contributed by atoms with E-state index in [4.69, 9.17) is 9.47 Å². The summed E-state index contributed by atoms with van der Waals surface area (Å²) in [7, 11) is 0. The average molecular weight is 256 g/mol. The molecule has 0 rings (SSSR count). The second-order valence-electron chi connectivity index (χ2n) is 4.36. The molecule has 0 aromatic carbocycles. The van der Waals surface area contributed by atoms with Gasteiger partial charge in [-0.15, -0.1) is 6.58 Å². The maximum atomic E-state index is 11.3. The van der Waals surface area contributed by atoms with Gasteiger partial charge in [-0.25, -0.2) is 0 Å². The third-order valence-corrected chi connectivity index (χ3v) is 2.27. The van der Waals surface area contributed by atoms with Crippen molar-refractivity contribution in [3.63, 3.8) is 0 Å². The monoisotopic (exact) mass is 256 g/mol. The van der Waals surface area contributed by atoms with Crippen molar-refractivity contribution >= 4 is 11.9 Å². The number of carbonyl (C=O) groups excluding carboxylic acids is 2. The Kier molecular flexibility index (Phi) is 10.0. The minimum atomic E-state index is -0.210. The first-order chi connectivity index (χ1) is 8.56. The summed E-state index contributed by atoms with van der Waals surface area (Å²) in [4.78, 5) is 22.4. The Hall–Kier alpha value is -1.32. The molecule has 0 atom stereocenters. The van der Waals surface area contributed by atoms with Crippen molar-refractivity contribution in [1.82, 2.24) is 0 Å². The predicted octanol–water partition coefficient (Wildman–Crippen LogP) is 3.01. The van der Waals surface area contributed by atoms with Crippen molar-refractivity contribution in [2.45, 2.75) is 52.4 Å². The Bertz CT molecular complexity index is 271. The summed E-state index contributed by atoms with van der Waals surface area (Å²) in [5, 5.41) is 0. The smallest absolute Gasteiger partial charge is 0.305 e. The fraction of sp³-hybridized carbons (Fsp3) is 0.714. The Morgan fingerprint density at radius 2 is 1.44 bits per heavy atom. The number of hydrogen-bond acceptors (Lipinski definition) is 4. The van der Waals surface area contributed by atoms with Gasteiger partial charge in [-0.1, -0.05) is 12.5 Å². The lowest BCUT2D eigenvalue weighted by Crippen LogP contribution is -2.07. The van der Waals surface area contributed by atoms with Gasteiger partial charge < -0.3 is 9.47 Å². The lowest BCUT2D eigenvalue weighted by molar-refractivity contribution is -0.145. The third-order valence-electron chi connectivity index (χ3n) is 2.27. The highest BCUT2D eigenvalue weighted by atomic mass is 16.5. The largest absolute Gasteiger partial charge is 0.466 e. The molecule has 0 aromatic heterocycles. The molecule has 0 unspecified atom stereocenters. The van der Waals surface area contributed by atoms with Crippen LogP contribution in [-0.2, 0) is 19.1 Å². The molecular formula is C14H24O4. The Morgan fingerprint density at radius 1 is 0.944 bits per heavy atom. The molecule has 0 N–H and O–H groups in total. The van der Waals surface area contributed by atoms with Crippen LogP contribution in [0.4, 0.5) is 0 Å². The zero-order chi connectivity index (χ0) is 13.8. The van der Waals surface area contributed by atoms with Crippen molar-refractivity contribution in [3.8, 4) is 0 Å². The van der Waals surface area contributed by atoms with Gasteiger partial charge in [0.25, 0.3) is 0 Å². The first kappa shape index (κ1) is 16.7. The summed E-state index contributed by atoms with van der Waals surface area (Å²) in [6.45, 7) is 8.45. The van der Waals surface area contributed by atoms with E-state index in [0.717, 1.165) is 12.0 Å². The molecule has 0 aliphatic carbocycles. The number of rotatable bonds is 10. The van der Waals surface area contributed by atoms with Crippen LogP contribution in [0.5, 0.6) is 0 Å². The van der Waals surface area contributed by atoms with E-state index in [0.29, 0.717) is 45.3 Å². The van der Waals surface area contributed by atoms with Crippen molar-refractivity contribution in [2.24, 2.45) is 0 Å². The van der Waals surface area contributed by atoms with E-state index in [1.807, 2.05) is 13.8 Å². The molecule has 0 fully saturated rings. The van der Waals surface area contributed by atoms with Crippen LogP contribution in [0.15, 0.2) is 12.2 Å². The minimum Gasteiger partial charge on any atom is -0.466 e. The zero-order valence-corrected chi connectivity index (χ0v) is 11.5. The van der Waals surface area contributed by atoms with Crippen LogP contribution in [0.25, 0.3) is 0 Å². The van der Waals surface area contributed by atoms with Gasteiger partial charge >= 0.3 is 11.9 Å². The topological polar surface area (TPSA) is 52.6 Å². The number of carbonyl (C=O) groups is 2. The molecule has 4 nitrogen and oxygen atoms in total. The van der Waals surface area contributed by atoms with Gasteiger partial charge in [0.1, 0.15) is 0 Å². The van der Waals surface area contributed by atoms with Gasteiger partial charge in [0, 0.05) is 19.3 Å². The van der Waals surface area contributed by atoms with E-state index < -0.39 is 0 Å². The van der Waals surface area contributed by atoms with Crippen molar-refractivity contribution in [2.75, 3.05) is 13.2 Å². The highest BCUT2D eigenvalue weighted by Gasteiger charge is 2.05. The average Bonchev–Trinajstić information content (AvgIpc) is 2.31. The molecule has 0 aromatic rings. The zero-order valence-electron chi connectivity index (χ0n) is 11.5. The van der Waals surface area contributed by atoms with Crippen LogP contribution in [0, 0.1) is 0 Å². The molecule has 4 heteroatoms. The van der Waals surface area contributed by atoms with Crippen molar-refractivity contribution < 1.29 is 19.1 Å². The summed E-state index contributed by atoms with van der Waals surface area (Å²) in [5.41, 5.74) is 1.00. The van der Waals surface area contributed by atoms with Gasteiger partial charge in [-0.3, -0.25) is 9.59 Å². The highest BCUT2D eigenvalue weighted by Crippen LogP contribution is 2.04. The number of ether oxygens (including phenoxy) is 2. The number of esters is 2. The minimum absolute atomic E-state index is 0.188. The van der Waals surface area contributed by atoms with Crippen LogP contribution in [0.3, 0.4) is 0 Å². The van der Waals surface area contributed by atoms with Gasteiger partial charge in [-0.2, -0.15) is 0 Å². The fourth-order valence-electron chi connectivity index (χ4n) is 1.24. The summed E-state index contributed by atoms with van der Waals surface area (Å²) in [6, 6.07) is 0. The van der Waals surface area contributed by atoms with Gasteiger partial charge in [0.2, 0.25) is 0 Å². The first-order valence-corrected chi connectivity index (χ1v) is 6.52. The molecule has 18 heavy (non-hydrogen) atoms. The molecule has 0 saturated heterocycles. The molecule has 0 aliphatic heterocycles. The molecule has 0 bridgehead atoms. The summed E-state index contributed by atoms with van der Waals surface area (Å²) >= 11 is 0. The van der Waals surface area contributed by atoms with Gasteiger partial charge in [0.05, 0.1) is 13.2 Å². The third kappa shape index (κ3) is 11.2. The van der Waals surface area contributed by atoms with Crippen LogP contribution in [0.2, 0.25) is 0 Å². The van der Waals surface area contributed by atoms with Crippen molar-refractivity contribution in [3.05, 3.63) is 12.2 Å². The molecule has 0 radical (unpaired) electrons. The lowest BCUT2D eigenvalue weighted by atomic mass is 10.2. The SMILES string of the molecule is C=C(C)CCOC(=O)CCCCC(=O)OCCC.